The van der Waals surface area contributed by atoms with E-state index < -0.39 is 11.9 Å². The normalized spacial score (nSPS) is 12.9. The van der Waals surface area contributed by atoms with Gasteiger partial charge in [-0.1, -0.05) is 13.8 Å². The maximum Gasteiger partial charge on any atom is 0.303 e. The van der Waals surface area contributed by atoms with Gasteiger partial charge >= 0.3 is 5.97 Å². The molecule has 0 bridgehead atoms. The van der Waals surface area contributed by atoms with Crippen LogP contribution in [0.2, 0.25) is 0 Å². The number of carboxylic acid groups (broad SMARTS) is 1. The van der Waals surface area contributed by atoms with Crippen molar-refractivity contribution in [3.63, 3.8) is 0 Å². The molecular formula is C8H15NO3. The number of hydrogen-bond acceptors (Lipinski definition) is 2. The van der Waals surface area contributed by atoms with Gasteiger partial charge < -0.3 is 10.8 Å². The van der Waals surface area contributed by atoms with E-state index in [2.05, 4.69) is 0 Å². The van der Waals surface area contributed by atoms with E-state index in [-0.39, 0.29) is 18.3 Å². The summed E-state index contributed by atoms with van der Waals surface area (Å²) in [7, 11) is 0. The van der Waals surface area contributed by atoms with Gasteiger partial charge in [0.15, 0.2) is 0 Å². The van der Waals surface area contributed by atoms with Gasteiger partial charge in [-0.3, -0.25) is 9.59 Å². The molecule has 4 heteroatoms. The smallest absolute Gasteiger partial charge is 0.303 e. The van der Waals surface area contributed by atoms with Crippen molar-refractivity contribution < 1.29 is 14.7 Å². The molecular weight excluding hydrogens is 158 g/mol. The van der Waals surface area contributed by atoms with Gasteiger partial charge in [-0.25, -0.2) is 0 Å². The highest BCUT2D eigenvalue weighted by Gasteiger charge is 2.19. The van der Waals surface area contributed by atoms with Gasteiger partial charge in [-0.05, 0) is 12.3 Å². The zero-order chi connectivity index (χ0) is 9.72. The molecule has 70 valence electrons. The van der Waals surface area contributed by atoms with Crippen molar-refractivity contribution in [2.75, 3.05) is 0 Å². The molecule has 0 saturated carbocycles. The molecule has 0 aliphatic heterocycles. The lowest BCUT2D eigenvalue weighted by Crippen LogP contribution is -2.28. The zero-order valence-corrected chi connectivity index (χ0v) is 7.41. The number of nitrogens with two attached hydrogens (primary N) is 1. The van der Waals surface area contributed by atoms with Gasteiger partial charge in [-0.15, -0.1) is 0 Å². The molecule has 0 aromatic carbocycles. The van der Waals surface area contributed by atoms with E-state index in [4.69, 9.17) is 10.8 Å². The first-order valence-corrected chi connectivity index (χ1v) is 3.96. The summed E-state index contributed by atoms with van der Waals surface area (Å²) in [6.45, 7) is 3.72. The van der Waals surface area contributed by atoms with Crippen LogP contribution in [0, 0.1) is 11.8 Å². The number of carboxylic acids is 1. The van der Waals surface area contributed by atoms with Gasteiger partial charge in [0.25, 0.3) is 0 Å². The van der Waals surface area contributed by atoms with Crippen LogP contribution in [0.25, 0.3) is 0 Å². The molecule has 0 fully saturated rings. The fourth-order valence-electron chi connectivity index (χ4n) is 1.08. The minimum atomic E-state index is -0.887. The van der Waals surface area contributed by atoms with Crippen LogP contribution in [0.5, 0.6) is 0 Å². The van der Waals surface area contributed by atoms with E-state index in [1.165, 1.54) is 0 Å². The molecule has 4 nitrogen and oxygen atoms in total. The third-order valence-corrected chi connectivity index (χ3v) is 1.84. The van der Waals surface area contributed by atoms with E-state index >= 15 is 0 Å². The van der Waals surface area contributed by atoms with Crippen LogP contribution in [0.3, 0.4) is 0 Å². The third kappa shape index (κ3) is 3.95. The standard InChI is InChI=1S/C8H15NO3/c1-5(2)6(8(9)12)3-4-7(10)11/h5-6H,3-4H2,1-2H3,(H2,9,12)(H,10,11)/t6-/m1/s1. The molecule has 0 aromatic rings. The largest absolute Gasteiger partial charge is 0.481 e. The molecule has 1 amide bonds. The monoisotopic (exact) mass is 173 g/mol. The SMILES string of the molecule is CC(C)[C@@H](CCC(=O)O)C(N)=O. The van der Waals surface area contributed by atoms with Crippen LogP contribution in [0.1, 0.15) is 26.7 Å². The summed E-state index contributed by atoms with van der Waals surface area (Å²) in [6.07, 6.45) is 0.341. The van der Waals surface area contributed by atoms with E-state index in [0.29, 0.717) is 6.42 Å². The zero-order valence-electron chi connectivity index (χ0n) is 7.41. The minimum absolute atomic E-state index is 0.00574. The lowest BCUT2D eigenvalue weighted by Gasteiger charge is -2.15. The first-order chi connectivity index (χ1) is 5.45. The summed E-state index contributed by atoms with van der Waals surface area (Å²) < 4.78 is 0. The Morgan fingerprint density at radius 2 is 1.92 bits per heavy atom. The van der Waals surface area contributed by atoms with Crippen LogP contribution >= 0.6 is 0 Å². The predicted molar refractivity (Wildman–Crippen MR) is 44.4 cm³/mol. The molecule has 0 aromatic heterocycles. The number of aliphatic carboxylic acids is 1. The third-order valence-electron chi connectivity index (χ3n) is 1.84. The molecule has 0 aliphatic carbocycles. The molecule has 0 rings (SSSR count). The number of hydrogen-bond donors (Lipinski definition) is 2. The molecule has 0 unspecified atom stereocenters. The highest BCUT2D eigenvalue weighted by Crippen LogP contribution is 2.16. The van der Waals surface area contributed by atoms with E-state index in [1.807, 2.05) is 13.8 Å². The van der Waals surface area contributed by atoms with E-state index in [0.717, 1.165) is 0 Å². The molecule has 3 N–H and O–H groups in total. The van der Waals surface area contributed by atoms with Crippen molar-refractivity contribution in [3.8, 4) is 0 Å². The molecule has 1 atom stereocenters. The average Bonchev–Trinajstić information content (AvgIpc) is 1.84. The number of amides is 1. The van der Waals surface area contributed by atoms with E-state index in [1.54, 1.807) is 0 Å². The van der Waals surface area contributed by atoms with Crippen LogP contribution < -0.4 is 5.73 Å². The Morgan fingerprint density at radius 1 is 1.42 bits per heavy atom. The van der Waals surface area contributed by atoms with Crippen molar-refractivity contribution in [2.24, 2.45) is 17.6 Å². The lowest BCUT2D eigenvalue weighted by molar-refractivity contribution is -0.137. The van der Waals surface area contributed by atoms with Gasteiger partial charge in [0.1, 0.15) is 0 Å². The molecule has 0 saturated heterocycles. The van der Waals surface area contributed by atoms with Gasteiger partial charge in [-0.2, -0.15) is 0 Å². The minimum Gasteiger partial charge on any atom is -0.481 e. The first kappa shape index (κ1) is 10.9. The molecule has 0 aliphatic rings. The molecule has 0 heterocycles. The number of carbonyl (C=O) groups is 2. The van der Waals surface area contributed by atoms with Crippen molar-refractivity contribution >= 4 is 11.9 Å². The fraction of sp³-hybridized carbons (Fsp3) is 0.750. The van der Waals surface area contributed by atoms with Crippen LogP contribution in [-0.2, 0) is 9.59 Å². The maximum absolute atomic E-state index is 10.8. The second-order valence-corrected chi connectivity index (χ2v) is 3.19. The average molecular weight is 173 g/mol. The predicted octanol–water partition coefficient (Wildman–Crippen LogP) is 0.609. The highest BCUT2D eigenvalue weighted by molar-refractivity contribution is 5.77. The summed E-state index contributed by atoms with van der Waals surface area (Å²) in [5, 5.41) is 8.37. The molecule has 0 spiro atoms. The Balaban J connectivity index is 3.97. The maximum atomic E-state index is 10.8. The van der Waals surface area contributed by atoms with Crippen molar-refractivity contribution in [1.82, 2.24) is 0 Å². The Kier molecular flexibility index (Phi) is 4.33. The van der Waals surface area contributed by atoms with Crippen LogP contribution in [0.4, 0.5) is 0 Å². The number of primary amides is 1. The molecule has 12 heavy (non-hydrogen) atoms. The van der Waals surface area contributed by atoms with Crippen molar-refractivity contribution in [1.29, 1.82) is 0 Å². The van der Waals surface area contributed by atoms with Crippen LogP contribution in [0.15, 0.2) is 0 Å². The summed E-state index contributed by atoms with van der Waals surface area (Å²) in [6, 6.07) is 0. The Morgan fingerprint density at radius 3 is 2.17 bits per heavy atom. The Labute approximate surface area is 71.8 Å². The van der Waals surface area contributed by atoms with Gasteiger partial charge in [0.2, 0.25) is 5.91 Å². The van der Waals surface area contributed by atoms with Crippen molar-refractivity contribution in [3.05, 3.63) is 0 Å². The Bertz CT molecular complexity index is 177. The Hall–Kier alpha value is -1.06. The van der Waals surface area contributed by atoms with Crippen LogP contribution in [-0.4, -0.2) is 17.0 Å². The van der Waals surface area contributed by atoms with Gasteiger partial charge in [0.05, 0.1) is 0 Å². The quantitative estimate of drug-likeness (QED) is 0.639. The lowest BCUT2D eigenvalue weighted by atomic mass is 9.91. The van der Waals surface area contributed by atoms with E-state index in [9.17, 15) is 9.59 Å². The van der Waals surface area contributed by atoms with Crippen molar-refractivity contribution in [2.45, 2.75) is 26.7 Å². The second-order valence-electron chi connectivity index (χ2n) is 3.19. The first-order valence-electron chi connectivity index (χ1n) is 3.96. The number of rotatable bonds is 5. The highest BCUT2D eigenvalue weighted by atomic mass is 16.4. The van der Waals surface area contributed by atoms with Gasteiger partial charge in [0, 0.05) is 12.3 Å². The molecule has 0 radical (unpaired) electrons. The summed E-state index contributed by atoms with van der Waals surface area (Å²) in [5.74, 6) is -1.50. The second kappa shape index (κ2) is 4.74. The summed E-state index contributed by atoms with van der Waals surface area (Å²) >= 11 is 0. The summed E-state index contributed by atoms with van der Waals surface area (Å²) in [5.41, 5.74) is 5.09. The number of carbonyl (C=O) groups excluding carboxylic acids is 1. The topological polar surface area (TPSA) is 80.4 Å². The summed E-state index contributed by atoms with van der Waals surface area (Å²) in [4.78, 5) is 21.0. The fourth-order valence-corrected chi connectivity index (χ4v) is 1.08.